The molecule has 112 valence electrons. The number of rotatable bonds is 9. The lowest BCUT2D eigenvalue weighted by Gasteiger charge is -2.18. The van der Waals surface area contributed by atoms with Crippen LogP contribution in [-0.2, 0) is 6.54 Å². The van der Waals surface area contributed by atoms with E-state index in [0.29, 0.717) is 18.2 Å². The summed E-state index contributed by atoms with van der Waals surface area (Å²) in [7, 11) is 0. The van der Waals surface area contributed by atoms with Gasteiger partial charge in [-0.15, -0.1) is 0 Å². The summed E-state index contributed by atoms with van der Waals surface area (Å²) < 4.78 is 13.9. The van der Waals surface area contributed by atoms with Crippen LogP contribution >= 0.6 is 0 Å². The SMILES string of the molecule is CCCCC(CCC)NCc1cccc([N+](=O)[O-])c1F. The van der Waals surface area contributed by atoms with Crippen LogP contribution in [0.25, 0.3) is 0 Å². The number of nitro benzene ring substituents is 1. The highest BCUT2D eigenvalue weighted by Crippen LogP contribution is 2.20. The average Bonchev–Trinajstić information content (AvgIpc) is 2.42. The van der Waals surface area contributed by atoms with Crippen molar-refractivity contribution in [3.05, 3.63) is 39.7 Å². The highest BCUT2D eigenvalue weighted by atomic mass is 19.1. The van der Waals surface area contributed by atoms with Crippen LogP contribution in [0, 0.1) is 15.9 Å². The third kappa shape index (κ3) is 4.89. The summed E-state index contributed by atoms with van der Waals surface area (Å²) in [6.45, 7) is 4.60. The molecule has 1 rings (SSSR count). The van der Waals surface area contributed by atoms with Crippen molar-refractivity contribution in [1.82, 2.24) is 5.32 Å². The van der Waals surface area contributed by atoms with Gasteiger partial charge in [0.05, 0.1) is 4.92 Å². The number of hydrogen-bond acceptors (Lipinski definition) is 3. The second kappa shape index (κ2) is 8.64. The minimum absolute atomic E-state index is 0.335. The third-order valence-electron chi connectivity index (χ3n) is 3.38. The average molecular weight is 282 g/mol. The summed E-state index contributed by atoms with van der Waals surface area (Å²) in [4.78, 5) is 10.0. The summed E-state index contributed by atoms with van der Waals surface area (Å²) in [6, 6.07) is 4.66. The molecule has 1 atom stereocenters. The molecule has 0 radical (unpaired) electrons. The lowest BCUT2D eigenvalue weighted by atomic mass is 10.0. The van der Waals surface area contributed by atoms with Gasteiger partial charge >= 0.3 is 5.69 Å². The lowest BCUT2D eigenvalue weighted by molar-refractivity contribution is -0.387. The standard InChI is InChI=1S/C15H23FN2O2/c1-3-5-9-13(7-4-2)17-11-12-8-6-10-14(15(12)16)18(19)20/h6,8,10,13,17H,3-5,7,9,11H2,1-2H3. The maximum atomic E-state index is 13.9. The van der Waals surface area contributed by atoms with Gasteiger partial charge in [-0.05, 0) is 12.8 Å². The Kier molecular flexibility index (Phi) is 7.15. The van der Waals surface area contributed by atoms with Crippen molar-refractivity contribution in [2.45, 2.75) is 58.5 Å². The van der Waals surface area contributed by atoms with Gasteiger partial charge in [-0.2, -0.15) is 4.39 Å². The Morgan fingerprint density at radius 3 is 2.65 bits per heavy atom. The Morgan fingerprint density at radius 1 is 1.30 bits per heavy atom. The van der Waals surface area contributed by atoms with Gasteiger partial charge in [0.25, 0.3) is 0 Å². The van der Waals surface area contributed by atoms with E-state index in [1.807, 2.05) is 0 Å². The van der Waals surface area contributed by atoms with E-state index in [4.69, 9.17) is 0 Å². The summed E-state index contributed by atoms with van der Waals surface area (Å²) in [5.41, 5.74) is -0.0956. The normalized spacial score (nSPS) is 12.3. The maximum absolute atomic E-state index is 13.9. The molecule has 0 amide bonds. The van der Waals surface area contributed by atoms with E-state index in [2.05, 4.69) is 19.2 Å². The molecule has 0 bridgehead atoms. The number of nitro groups is 1. The molecule has 4 nitrogen and oxygen atoms in total. The number of halogens is 1. The predicted molar refractivity (Wildman–Crippen MR) is 78.1 cm³/mol. The van der Waals surface area contributed by atoms with Gasteiger partial charge in [0.15, 0.2) is 0 Å². The number of hydrogen-bond donors (Lipinski definition) is 1. The predicted octanol–water partition coefficient (Wildman–Crippen LogP) is 4.18. The van der Waals surface area contributed by atoms with Crippen molar-refractivity contribution < 1.29 is 9.31 Å². The molecule has 1 aromatic rings. The highest BCUT2D eigenvalue weighted by Gasteiger charge is 2.17. The molecule has 0 fully saturated rings. The first kappa shape index (κ1) is 16.6. The summed E-state index contributed by atoms with van der Waals surface area (Å²) in [6.07, 6.45) is 5.43. The van der Waals surface area contributed by atoms with E-state index in [1.54, 1.807) is 6.07 Å². The van der Waals surface area contributed by atoms with E-state index in [1.165, 1.54) is 12.1 Å². The Morgan fingerprint density at radius 2 is 2.05 bits per heavy atom. The molecule has 0 aromatic heterocycles. The zero-order valence-corrected chi connectivity index (χ0v) is 12.2. The minimum Gasteiger partial charge on any atom is -0.310 e. The van der Waals surface area contributed by atoms with Crippen molar-refractivity contribution in [2.75, 3.05) is 0 Å². The summed E-state index contributed by atoms with van der Waals surface area (Å²) in [5, 5.41) is 14.0. The van der Waals surface area contributed by atoms with E-state index >= 15 is 0 Å². The summed E-state index contributed by atoms with van der Waals surface area (Å²) >= 11 is 0. The van der Waals surface area contributed by atoms with Crippen LogP contribution in [0.4, 0.5) is 10.1 Å². The molecule has 0 saturated heterocycles. The molecule has 1 aromatic carbocycles. The molecule has 0 saturated carbocycles. The van der Waals surface area contributed by atoms with Crippen molar-refractivity contribution in [3.8, 4) is 0 Å². The lowest BCUT2D eigenvalue weighted by Crippen LogP contribution is -2.28. The largest absolute Gasteiger partial charge is 0.310 e. The minimum atomic E-state index is -0.726. The highest BCUT2D eigenvalue weighted by molar-refractivity contribution is 5.36. The molecule has 1 unspecified atom stereocenters. The fraction of sp³-hybridized carbons (Fsp3) is 0.600. The number of nitrogens with zero attached hydrogens (tertiary/aromatic N) is 1. The molecular formula is C15H23FN2O2. The van der Waals surface area contributed by atoms with Crippen LogP contribution in [0.3, 0.4) is 0 Å². The third-order valence-corrected chi connectivity index (χ3v) is 3.38. The smallest absolute Gasteiger partial charge is 0.305 e. The molecule has 20 heavy (non-hydrogen) atoms. The van der Waals surface area contributed by atoms with Gasteiger partial charge in [-0.1, -0.05) is 45.2 Å². The quantitative estimate of drug-likeness (QED) is 0.546. The van der Waals surface area contributed by atoms with Crippen molar-refractivity contribution in [1.29, 1.82) is 0 Å². The number of unbranched alkanes of at least 4 members (excludes halogenated alkanes) is 1. The maximum Gasteiger partial charge on any atom is 0.305 e. The van der Waals surface area contributed by atoms with Gasteiger partial charge in [0.2, 0.25) is 5.82 Å². The Labute approximate surface area is 119 Å². The monoisotopic (exact) mass is 282 g/mol. The van der Waals surface area contributed by atoms with Crippen LogP contribution in [0.5, 0.6) is 0 Å². The van der Waals surface area contributed by atoms with E-state index < -0.39 is 16.4 Å². The number of benzene rings is 1. The second-order valence-corrected chi connectivity index (χ2v) is 5.02. The molecule has 0 spiro atoms. The van der Waals surface area contributed by atoms with Crippen LogP contribution in [-0.4, -0.2) is 11.0 Å². The molecule has 0 aliphatic rings. The first-order valence-corrected chi connectivity index (χ1v) is 7.25. The molecule has 0 aliphatic carbocycles. The zero-order valence-electron chi connectivity index (χ0n) is 12.2. The summed E-state index contributed by atoms with van der Waals surface area (Å²) in [5.74, 6) is -0.726. The fourth-order valence-electron chi connectivity index (χ4n) is 2.25. The number of nitrogens with one attached hydrogen (secondary N) is 1. The van der Waals surface area contributed by atoms with Gasteiger partial charge in [0.1, 0.15) is 0 Å². The Hall–Kier alpha value is -1.49. The zero-order chi connectivity index (χ0) is 15.0. The fourth-order valence-corrected chi connectivity index (χ4v) is 2.25. The molecular weight excluding hydrogens is 259 g/mol. The molecule has 5 heteroatoms. The Balaban J connectivity index is 2.67. The van der Waals surface area contributed by atoms with Crippen LogP contribution in [0.1, 0.15) is 51.5 Å². The first-order chi connectivity index (χ1) is 9.60. The van der Waals surface area contributed by atoms with Crippen molar-refractivity contribution in [3.63, 3.8) is 0 Å². The van der Waals surface area contributed by atoms with Gasteiger partial charge < -0.3 is 5.32 Å². The molecule has 1 N–H and O–H groups in total. The first-order valence-electron chi connectivity index (χ1n) is 7.25. The van der Waals surface area contributed by atoms with Crippen molar-refractivity contribution >= 4 is 5.69 Å². The van der Waals surface area contributed by atoms with E-state index in [9.17, 15) is 14.5 Å². The van der Waals surface area contributed by atoms with Gasteiger partial charge in [-0.3, -0.25) is 10.1 Å². The molecule has 0 heterocycles. The molecule has 0 aliphatic heterocycles. The Bertz CT molecular complexity index is 438. The van der Waals surface area contributed by atoms with Gasteiger partial charge in [0, 0.05) is 24.2 Å². The van der Waals surface area contributed by atoms with Gasteiger partial charge in [-0.25, -0.2) is 0 Å². The van der Waals surface area contributed by atoms with Crippen LogP contribution in [0.15, 0.2) is 18.2 Å². The van der Waals surface area contributed by atoms with E-state index in [-0.39, 0.29) is 0 Å². The van der Waals surface area contributed by atoms with Crippen molar-refractivity contribution in [2.24, 2.45) is 0 Å². The topological polar surface area (TPSA) is 55.2 Å². The van der Waals surface area contributed by atoms with Crippen LogP contribution in [0.2, 0.25) is 0 Å². The second-order valence-electron chi connectivity index (χ2n) is 5.02. The van der Waals surface area contributed by atoms with E-state index in [0.717, 1.165) is 32.1 Å². The van der Waals surface area contributed by atoms with Crippen LogP contribution < -0.4 is 5.32 Å².